The molecule has 0 saturated heterocycles. The van der Waals surface area contributed by atoms with Gasteiger partial charge in [0.25, 0.3) is 0 Å². The van der Waals surface area contributed by atoms with Gasteiger partial charge < -0.3 is 35.1 Å². The van der Waals surface area contributed by atoms with Gasteiger partial charge in [-0.3, -0.25) is 4.79 Å². The van der Waals surface area contributed by atoms with Crippen LogP contribution in [0, 0.1) is 11.8 Å². The number of alkyl carbamates (subject to hydrolysis) is 2. The third-order valence-electron chi connectivity index (χ3n) is 6.65. The number of methoxy groups -OCH3 is 1. The monoisotopic (exact) mass is 558 g/mol. The lowest BCUT2D eigenvalue weighted by molar-refractivity contribution is -0.152. The lowest BCUT2D eigenvalue weighted by Gasteiger charge is -2.32. The molecule has 2 amide bonds. The molecule has 2 rings (SSSR count). The number of hydrogen-bond donors (Lipinski definition) is 4. The highest BCUT2D eigenvalue weighted by Crippen LogP contribution is 2.32. The van der Waals surface area contributed by atoms with Crippen LogP contribution in [0.2, 0.25) is 0 Å². The molecule has 2 saturated carbocycles. The van der Waals surface area contributed by atoms with Crippen LogP contribution < -0.4 is 10.6 Å². The van der Waals surface area contributed by atoms with Crippen molar-refractivity contribution in [3.05, 3.63) is 0 Å². The number of aliphatic hydroxyl groups excluding tert-OH is 2. The SMILES string of the molecule is CC(=O)C(O)C(CC1CCC1)NC(=O)OC(C)(C)C.COC(=O)C(O)C(CC1CCC1)NC(=O)OC(C)(C)C. The Hall–Kier alpha value is -2.40. The van der Waals surface area contributed by atoms with Crippen molar-refractivity contribution in [3.63, 3.8) is 0 Å². The minimum Gasteiger partial charge on any atom is -0.467 e. The van der Waals surface area contributed by atoms with Crippen molar-refractivity contribution in [2.45, 2.75) is 135 Å². The minimum absolute atomic E-state index is 0.333. The van der Waals surface area contributed by atoms with Gasteiger partial charge in [0, 0.05) is 0 Å². The van der Waals surface area contributed by atoms with Crippen LogP contribution in [-0.4, -0.2) is 76.8 Å². The maximum absolute atomic E-state index is 11.8. The van der Waals surface area contributed by atoms with Gasteiger partial charge in [-0.25, -0.2) is 14.4 Å². The van der Waals surface area contributed by atoms with Gasteiger partial charge in [-0.1, -0.05) is 38.5 Å². The quantitative estimate of drug-likeness (QED) is 0.232. The number of amides is 2. The zero-order valence-electron chi connectivity index (χ0n) is 24.9. The minimum atomic E-state index is -1.37. The van der Waals surface area contributed by atoms with Gasteiger partial charge in [-0.05, 0) is 73.1 Å². The first-order chi connectivity index (χ1) is 17.9. The highest BCUT2D eigenvalue weighted by Gasteiger charge is 2.34. The summed E-state index contributed by atoms with van der Waals surface area (Å²) in [6.45, 7) is 11.9. The smallest absolute Gasteiger partial charge is 0.407 e. The fraction of sp³-hybridized carbons (Fsp3) is 0.857. The van der Waals surface area contributed by atoms with Gasteiger partial charge in [0.05, 0.1) is 19.2 Å². The summed E-state index contributed by atoms with van der Waals surface area (Å²) < 4.78 is 14.8. The Labute approximate surface area is 232 Å². The Morgan fingerprint density at radius 3 is 1.36 bits per heavy atom. The molecule has 2 aliphatic carbocycles. The van der Waals surface area contributed by atoms with Crippen LogP contribution in [0.4, 0.5) is 9.59 Å². The average molecular weight is 559 g/mol. The Bertz CT molecular complexity index is 811. The van der Waals surface area contributed by atoms with Crippen molar-refractivity contribution in [1.29, 1.82) is 0 Å². The number of carbonyl (C=O) groups is 4. The van der Waals surface area contributed by atoms with Crippen LogP contribution in [0.1, 0.15) is 99.8 Å². The van der Waals surface area contributed by atoms with E-state index in [1.165, 1.54) is 20.5 Å². The molecule has 11 nitrogen and oxygen atoms in total. The van der Waals surface area contributed by atoms with Crippen molar-refractivity contribution in [2.24, 2.45) is 11.8 Å². The zero-order valence-corrected chi connectivity index (χ0v) is 24.9. The molecule has 0 aliphatic heterocycles. The molecule has 0 aromatic heterocycles. The number of aliphatic hydroxyl groups is 2. The van der Waals surface area contributed by atoms with E-state index in [-0.39, 0.29) is 5.78 Å². The molecule has 2 fully saturated rings. The summed E-state index contributed by atoms with van der Waals surface area (Å²) in [5.74, 6) is -0.172. The summed E-state index contributed by atoms with van der Waals surface area (Å²) in [7, 11) is 1.21. The molecule has 0 radical (unpaired) electrons. The zero-order chi connectivity index (χ0) is 30.0. The predicted molar refractivity (Wildman–Crippen MR) is 145 cm³/mol. The number of hydrogen-bond acceptors (Lipinski definition) is 9. The van der Waals surface area contributed by atoms with E-state index in [2.05, 4.69) is 15.4 Å². The molecular weight excluding hydrogens is 508 g/mol. The third kappa shape index (κ3) is 14.0. The van der Waals surface area contributed by atoms with Crippen LogP contribution in [0.5, 0.6) is 0 Å². The van der Waals surface area contributed by atoms with Crippen molar-refractivity contribution in [3.8, 4) is 0 Å². The Balaban J connectivity index is 0.000000391. The van der Waals surface area contributed by atoms with Crippen molar-refractivity contribution >= 4 is 23.9 Å². The topological polar surface area (TPSA) is 160 Å². The van der Waals surface area contributed by atoms with Crippen LogP contribution in [0.25, 0.3) is 0 Å². The predicted octanol–water partition coefficient (Wildman–Crippen LogP) is 3.62. The lowest BCUT2D eigenvalue weighted by atomic mass is 9.79. The molecule has 39 heavy (non-hydrogen) atoms. The molecule has 0 bridgehead atoms. The fourth-order valence-electron chi connectivity index (χ4n) is 4.19. The molecule has 4 unspecified atom stereocenters. The normalized spacial score (nSPS) is 18.9. The highest BCUT2D eigenvalue weighted by molar-refractivity contribution is 5.82. The second-order valence-electron chi connectivity index (χ2n) is 12.6. The highest BCUT2D eigenvalue weighted by atomic mass is 16.6. The molecule has 0 aromatic rings. The largest absolute Gasteiger partial charge is 0.467 e. The number of ether oxygens (including phenoxy) is 3. The van der Waals surface area contributed by atoms with Crippen molar-refractivity contribution in [2.75, 3.05) is 7.11 Å². The van der Waals surface area contributed by atoms with Gasteiger partial charge in [0.2, 0.25) is 0 Å². The van der Waals surface area contributed by atoms with Gasteiger partial charge >= 0.3 is 18.2 Å². The van der Waals surface area contributed by atoms with E-state index >= 15 is 0 Å². The van der Waals surface area contributed by atoms with E-state index in [4.69, 9.17) is 9.47 Å². The molecular formula is C28H50N2O9. The van der Waals surface area contributed by atoms with E-state index in [1.807, 2.05) is 0 Å². The van der Waals surface area contributed by atoms with Gasteiger partial charge in [0.15, 0.2) is 11.9 Å². The molecule has 0 aromatic carbocycles. The van der Waals surface area contributed by atoms with E-state index in [1.54, 1.807) is 41.5 Å². The number of esters is 1. The molecule has 226 valence electrons. The first-order valence-corrected chi connectivity index (χ1v) is 13.8. The van der Waals surface area contributed by atoms with Crippen LogP contribution in [0.3, 0.4) is 0 Å². The fourth-order valence-corrected chi connectivity index (χ4v) is 4.19. The number of nitrogens with one attached hydrogen (secondary N) is 2. The second-order valence-corrected chi connectivity index (χ2v) is 12.6. The first-order valence-electron chi connectivity index (χ1n) is 13.8. The lowest BCUT2D eigenvalue weighted by Crippen LogP contribution is -2.50. The summed E-state index contributed by atoms with van der Waals surface area (Å²) in [6.07, 6.45) is 4.06. The molecule has 4 atom stereocenters. The van der Waals surface area contributed by atoms with E-state index in [9.17, 15) is 29.4 Å². The average Bonchev–Trinajstić information content (AvgIpc) is 2.73. The van der Waals surface area contributed by atoms with E-state index in [0.29, 0.717) is 24.7 Å². The van der Waals surface area contributed by atoms with Crippen LogP contribution in [0.15, 0.2) is 0 Å². The summed E-state index contributed by atoms with van der Waals surface area (Å²) >= 11 is 0. The van der Waals surface area contributed by atoms with Crippen LogP contribution >= 0.6 is 0 Å². The summed E-state index contributed by atoms with van der Waals surface area (Å²) in [6, 6.07) is -1.24. The molecule has 0 heterocycles. The summed E-state index contributed by atoms with van der Waals surface area (Å²) in [5.41, 5.74) is -1.21. The molecule has 11 heteroatoms. The molecule has 4 N–H and O–H groups in total. The Kier molecular flexibility index (Phi) is 13.7. The van der Waals surface area contributed by atoms with E-state index in [0.717, 1.165) is 32.1 Å². The van der Waals surface area contributed by atoms with Crippen molar-refractivity contribution < 1.29 is 43.6 Å². The number of ketones is 1. The Morgan fingerprint density at radius 2 is 1.10 bits per heavy atom. The molecule has 0 spiro atoms. The Morgan fingerprint density at radius 1 is 0.744 bits per heavy atom. The second kappa shape index (κ2) is 15.4. The maximum Gasteiger partial charge on any atom is 0.407 e. The third-order valence-corrected chi connectivity index (χ3v) is 6.65. The standard InChI is InChI=1S/C14H25NO5.C14H25NO4/c1-14(2,3)20-13(18)15-10(8-9-6-5-7-9)11(16)12(17)19-4;1-9(16)12(17)11(8-10-6-5-7-10)15-13(18)19-14(2,3)4/h9-11,16H,5-8H2,1-4H3,(H,15,18);10-12,17H,5-8H2,1-4H3,(H,15,18). The van der Waals surface area contributed by atoms with Gasteiger partial charge in [-0.15, -0.1) is 0 Å². The van der Waals surface area contributed by atoms with Gasteiger partial charge in [-0.2, -0.15) is 0 Å². The first kappa shape index (κ1) is 34.6. The molecule has 2 aliphatic rings. The number of carbonyl (C=O) groups excluding carboxylic acids is 4. The van der Waals surface area contributed by atoms with Crippen molar-refractivity contribution in [1.82, 2.24) is 10.6 Å². The summed E-state index contributed by atoms with van der Waals surface area (Å²) in [5, 5.41) is 25.0. The number of Topliss-reactive ketones (excluding diaryl/α,β-unsaturated/α-hetero) is 1. The van der Waals surface area contributed by atoms with Gasteiger partial charge in [0.1, 0.15) is 17.3 Å². The van der Waals surface area contributed by atoms with Crippen LogP contribution in [-0.2, 0) is 23.8 Å². The summed E-state index contributed by atoms with van der Waals surface area (Å²) in [4.78, 5) is 46.2. The van der Waals surface area contributed by atoms with E-state index < -0.39 is 53.6 Å². The number of rotatable bonds is 10. The maximum atomic E-state index is 11.8.